The van der Waals surface area contributed by atoms with Crippen molar-refractivity contribution in [1.29, 1.82) is 0 Å². The van der Waals surface area contributed by atoms with E-state index >= 15 is 0 Å². The molecule has 0 aliphatic rings. The Labute approximate surface area is 187 Å². The maximum atomic E-state index is 12.8. The van der Waals surface area contributed by atoms with Gasteiger partial charge in [0, 0.05) is 17.9 Å². The highest BCUT2D eigenvalue weighted by atomic mass is 35.5. The van der Waals surface area contributed by atoms with Crippen molar-refractivity contribution < 1.29 is 14.3 Å². The van der Waals surface area contributed by atoms with Crippen LogP contribution < -0.4 is 10.1 Å². The van der Waals surface area contributed by atoms with Crippen LogP contribution in [0, 0.1) is 0 Å². The van der Waals surface area contributed by atoms with Gasteiger partial charge in [-0.3, -0.25) is 9.59 Å². The van der Waals surface area contributed by atoms with Gasteiger partial charge >= 0.3 is 5.97 Å². The number of nitrogens with zero attached hydrogens (tertiary/aromatic N) is 2. The van der Waals surface area contributed by atoms with Crippen molar-refractivity contribution in [3.05, 3.63) is 75.7 Å². The number of aromatic nitrogens is 2. The fourth-order valence-electron chi connectivity index (χ4n) is 2.84. The predicted molar refractivity (Wildman–Crippen MR) is 121 cm³/mol. The number of fused-ring (bicyclic) bond motifs is 1. The first-order valence-electron chi connectivity index (χ1n) is 8.60. The molecule has 0 spiro atoms. The number of esters is 1. The molecule has 0 fully saturated rings. The van der Waals surface area contributed by atoms with Gasteiger partial charge in [0.05, 0.1) is 21.1 Å². The van der Waals surface area contributed by atoms with Crippen LogP contribution in [0.1, 0.15) is 22.2 Å². The molecular formula is C21H15Cl2N3O3S. The fraction of sp³-hybridized carbons (Fsp3) is 0.0476. The number of benzene rings is 2. The summed E-state index contributed by atoms with van der Waals surface area (Å²) in [6, 6.07) is 14.0. The van der Waals surface area contributed by atoms with Crippen molar-refractivity contribution in [2.45, 2.75) is 6.92 Å². The summed E-state index contributed by atoms with van der Waals surface area (Å²) in [5.74, 6) is -0.0446. The number of halogens is 2. The minimum absolute atomic E-state index is 0. The average molecular weight is 460 g/mol. The second-order valence-corrected chi connectivity index (χ2v) is 7.45. The van der Waals surface area contributed by atoms with Crippen LogP contribution in [0.5, 0.6) is 5.75 Å². The van der Waals surface area contributed by atoms with Crippen LogP contribution >= 0.6 is 35.3 Å². The van der Waals surface area contributed by atoms with E-state index in [1.807, 2.05) is 29.6 Å². The number of para-hydroxylation sites is 1. The van der Waals surface area contributed by atoms with Crippen LogP contribution in [0.3, 0.4) is 0 Å². The van der Waals surface area contributed by atoms with Gasteiger partial charge in [-0.15, -0.1) is 23.7 Å². The molecule has 9 heteroatoms. The topological polar surface area (TPSA) is 81.2 Å². The highest BCUT2D eigenvalue weighted by Crippen LogP contribution is 2.36. The lowest BCUT2D eigenvalue weighted by molar-refractivity contribution is -0.131. The third-order valence-corrected chi connectivity index (χ3v) is 5.29. The van der Waals surface area contributed by atoms with E-state index < -0.39 is 5.97 Å². The van der Waals surface area contributed by atoms with E-state index in [4.69, 9.17) is 16.3 Å². The van der Waals surface area contributed by atoms with E-state index in [9.17, 15) is 9.59 Å². The molecule has 0 saturated heterocycles. The van der Waals surface area contributed by atoms with Crippen LogP contribution in [-0.2, 0) is 4.79 Å². The number of thiophene rings is 1. The molecule has 0 aliphatic carbocycles. The van der Waals surface area contributed by atoms with Gasteiger partial charge in [-0.2, -0.15) is 0 Å². The summed E-state index contributed by atoms with van der Waals surface area (Å²) in [5, 5.41) is 5.98. The molecule has 0 bridgehead atoms. The number of ketones is 1. The Morgan fingerprint density at radius 3 is 2.63 bits per heavy atom. The molecule has 0 amide bonds. The van der Waals surface area contributed by atoms with E-state index in [0.29, 0.717) is 16.4 Å². The Bertz CT molecular complexity index is 1220. The molecule has 2 aromatic carbocycles. The van der Waals surface area contributed by atoms with Gasteiger partial charge in [0.2, 0.25) is 5.78 Å². The van der Waals surface area contributed by atoms with Gasteiger partial charge in [0.1, 0.15) is 12.1 Å². The summed E-state index contributed by atoms with van der Waals surface area (Å²) in [6.45, 7) is 1.29. The summed E-state index contributed by atoms with van der Waals surface area (Å²) in [7, 11) is 0. The largest absolute Gasteiger partial charge is 0.424 e. The predicted octanol–water partition coefficient (Wildman–Crippen LogP) is 5.67. The Morgan fingerprint density at radius 2 is 1.90 bits per heavy atom. The zero-order chi connectivity index (χ0) is 20.4. The minimum atomic E-state index is -0.516. The average Bonchev–Trinajstić information content (AvgIpc) is 3.24. The van der Waals surface area contributed by atoms with Gasteiger partial charge in [-0.1, -0.05) is 29.8 Å². The van der Waals surface area contributed by atoms with Crippen LogP contribution in [-0.4, -0.2) is 21.7 Å². The number of hydrogen-bond acceptors (Lipinski definition) is 7. The van der Waals surface area contributed by atoms with Crippen molar-refractivity contribution in [2.75, 3.05) is 5.32 Å². The quantitative estimate of drug-likeness (QED) is 0.235. The van der Waals surface area contributed by atoms with Gasteiger partial charge < -0.3 is 10.1 Å². The van der Waals surface area contributed by atoms with Gasteiger partial charge in [-0.25, -0.2) is 9.97 Å². The van der Waals surface area contributed by atoms with Crippen LogP contribution in [0.4, 0.5) is 11.5 Å². The molecule has 6 nitrogen and oxygen atoms in total. The summed E-state index contributed by atoms with van der Waals surface area (Å²) in [6.07, 6.45) is 1.44. The summed E-state index contributed by atoms with van der Waals surface area (Å²) in [5.41, 5.74) is 1.43. The zero-order valence-electron chi connectivity index (χ0n) is 15.6. The molecule has 2 heterocycles. The van der Waals surface area contributed by atoms with Gasteiger partial charge in [0.25, 0.3) is 0 Å². The maximum Gasteiger partial charge on any atom is 0.308 e. The number of rotatable bonds is 5. The van der Waals surface area contributed by atoms with Crippen molar-refractivity contribution in [3.63, 3.8) is 0 Å². The van der Waals surface area contributed by atoms with E-state index in [-0.39, 0.29) is 34.5 Å². The van der Waals surface area contributed by atoms with Gasteiger partial charge in [0.15, 0.2) is 5.75 Å². The first-order valence-corrected chi connectivity index (χ1v) is 9.85. The van der Waals surface area contributed by atoms with Crippen molar-refractivity contribution in [2.24, 2.45) is 0 Å². The van der Waals surface area contributed by atoms with Crippen molar-refractivity contribution in [3.8, 4) is 5.75 Å². The molecule has 0 unspecified atom stereocenters. The van der Waals surface area contributed by atoms with Crippen molar-refractivity contribution >= 4 is 69.5 Å². The first-order chi connectivity index (χ1) is 14.0. The summed E-state index contributed by atoms with van der Waals surface area (Å²) < 4.78 is 5.34. The van der Waals surface area contributed by atoms with Crippen LogP contribution in [0.2, 0.25) is 5.02 Å². The molecule has 0 saturated carbocycles. The lowest BCUT2D eigenvalue weighted by Gasteiger charge is -2.14. The van der Waals surface area contributed by atoms with Crippen molar-refractivity contribution in [1.82, 2.24) is 9.97 Å². The third kappa shape index (κ3) is 4.43. The smallest absolute Gasteiger partial charge is 0.308 e. The molecule has 30 heavy (non-hydrogen) atoms. The SMILES string of the molecule is CC(=O)Oc1cc(C(=O)c2cccs2)c(Cl)cc1Nc1ncnc2ccccc12.Cl. The highest BCUT2D eigenvalue weighted by molar-refractivity contribution is 7.12. The number of nitrogens with one attached hydrogen (secondary N) is 1. The molecule has 0 aliphatic heterocycles. The molecule has 2 aromatic heterocycles. The van der Waals surface area contributed by atoms with Gasteiger partial charge in [-0.05, 0) is 35.7 Å². The summed E-state index contributed by atoms with van der Waals surface area (Å²) >= 11 is 7.72. The summed E-state index contributed by atoms with van der Waals surface area (Å²) in [4.78, 5) is 33.4. The van der Waals surface area contributed by atoms with Crippen LogP contribution in [0.25, 0.3) is 10.9 Å². The third-order valence-electron chi connectivity index (χ3n) is 4.11. The van der Waals surface area contributed by atoms with E-state index in [0.717, 1.165) is 10.9 Å². The van der Waals surface area contributed by atoms with E-state index in [1.165, 1.54) is 30.7 Å². The second kappa shape index (κ2) is 9.21. The maximum absolute atomic E-state index is 12.8. The lowest BCUT2D eigenvalue weighted by Crippen LogP contribution is -2.08. The first kappa shape index (κ1) is 21.7. The molecular weight excluding hydrogens is 445 g/mol. The Hall–Kier alpha value is -3.00. The molecule has 152 valence electrons. The monoisotopic (exact) mass is 459 g/mol. The molecule has 4 aromatic rings. The number of hydrogen-bond donors (Lipinski definition) is 1. The number of carbonyl (C=O) groups is 2. The molecule has 4 rings (SSSR count). The number of ether oxygens (including phenoxy) is 1. The van der Waals surface area contributed by atoms with Crippen LogP contribution in [0.15, 0.2) is 60.2 Å². The minimum Gasteiger partial charge on any atom is -0.424 e. The Kier molecular flexibility index (Phi) is 6.66. The highest BCUT2D eigenvalue weighted by Gasteiger charge is 2.19. The number of anilines is 2. The fourth-order valence-corrected chi connectivity index (χ4v) is 3.76. The normalized spacial score (nSPS) is 10.3. The molecule has 0 atom stereocenters. The standard InChI is InChI=1S/C21H14ClN3O3S.ClH/c1-12(26)28-18-9-14(20(27)19-7-4-8-29-19)15(22)10-17(18)25-21-13-5-2-3-6-16(13)23-11-24-21;/h2-11H,1H3,(H,23,24,25);1H. The van der Waals surface area contributed by atoms with E-state index in [1.54, 1.807) is 18.2 Å². The lowest BCUT2D eigenvalue weighted by atomic mass is 10.1. The molecule has 1 N–H and O–H groups in total. The molecule has 0 radical (unpaired) electrons. The Morgan fingerprint density at radius 1 is 1.10 bits per heavy atom. The Balaban J connectivity index is 0.00000256. The zero-order valence-corrected chi connectivity index (χ0v) is 18.0. The number of carbonyl (C=O) groups excluding carboxylic acids is 2. The second-order valence-electron chi connectivity index (χ2n) is 6.09. The van der Waals surface area contributed by atoms with E-state index in [2.05, 4.69) is 15.3 Å².